The number of rotatable bonds is 5. The van der Waals surface area contributed by atoms with E-state index in [2.05, 4.69) is 10.6 Å². The van der Waals surface area contributed by atoms with Crippen molar-refractivity contribution in [2.24, 2.45) is 0 Å². The molecule has 0 radical (unpaired) electrons. The molecule has 0 aromatic heterocycles. The maximum Gasteiger partial charge on any atom is 0.230 e. The molecule has 0 bridgehead atoms. The van der Waals surface area contributed by atoms with Gasteiger partial charge >= 0.3 is 0 Å². The fraction of sp³-hybridized carbons (Fsp3) is 0.300. The number of halogens is 1. The Morgan fingerprint density at radius 3 is 2.40 bits per heavy atom. The van der Waals surface area contributed by atoms with Gasteiger partial charge in [0.25, 0.3) is 0 Å². The van der Waals surface area contributed by atoms with E-state index in [9.17, 15) is 9.59 Å². The number of hydrogen-bond donors (Lipinski definition) is 2. The second-order valence-corrected chi connectivity index (χ2v) is 6.94. The number of anilines is 1. The molecular weight excluding hydrogens is 336 g/mol. The molecule has 4 nitrogen and oxygen atoms in total. The van der Waals surface area contributed by atoms with E-state index in [4.69, 9.17) is 11.6 Å². The third-order valence-corrected chi connectivity index (χ3v) is 4.98. The zero-order chi connectivity index (χ0) is 17.9. The van der Waals surface area contributed by atoms with Gasteiger partial charge in [0, 0.05) is 24.2 Å². The van der Waals surface area contributed by atoms with E-state index in [0.29, 0.717) is 11.6 Å². The lowest BCUT2D eigenvalue weighted by Crippen LogP contribution is -2.49. The van der Waals surface area contributed by atoms with Crippen molar-refractivity contribution in [3.05, 3.63) is 64.7 Å². The normalized spacial score (nSPS) is 15.1. The summed E-state index contributed by atoms with van der Waals surface area (Å²) in [7, 11) is 0. The molecule has 5 heteroatoms. The van der Waals surface area contributed by atoms with Gasteiger partial charge in [-0.1, -0.05) is 42.3 Å². The van der Waals surface area contributed by atoms with Gasteiger partial charge in [-0.2, -0.15) is 0 Å². The topological polar surface area (TPSA) is 58.2 Å². The summed E-state index contributed by atoms with van der Waals surface area (Å²) in [6.07, 6.45) is 2.72. The Hall–Kier alpha value is -2.33. The van der Waals surface area contributed by atoms with Crippen LogP contribution in [0.2, 0.25) is 5.02 Å². The molecule has 2 N–H and O–H groups in total. The number of carbonyl (C=O) groups is 2. The van der Waals surface area contributed by atoms with Crippen molar-refractivity contribution in [2.45, 2.75) is 38.1 Å². The Morgan fingerprint density at radius 2 is 1.84 bits per heavy atom. The van der Waals surface area contributed by atoms with Crippen LogP contribution < -0.4 is 10.6 Å². The molecule has 2 aromatic carbocycles. The predicted octanol–water partition coefficient (Wildman–Crippen LogP) is 4.04. The van der Waals surface area contributed by atoms with Crippen molar-refractivity contribution in [2.75, 3.05) is 5.32 Å². The van der Waals surface area contributed by atoms with Gasteiger partial charge in [0.15, 0.2) is 0 Å². The van der Waals surface area contributed by atoms with E-state index in [1.54, 1.807) is 0 Å². The van der Waals surface area contributed by atoms with E-state index in [1.165, 1.54) is 6.92 Å². The quantitative estimate of drug-likeness (QED) is 0.849. The SMILES string of the molecule is CC(=O)Nc1ccc(C2(C(=O)NCc3cccc(Cl)c3)CCC2)cc1. The van der Waals surface area contributed by atoms with Crippen molar-refractivity contribution in [3.63, 3.8) is 0 Å². The first-order valence-corrected chi connectivity index (χ1v) is 8.78. The monoisotopic (exact) mass is 356 g/mol. The Balaban J connectivity index is 1.71. The zero-order valence-electron chi connectivity index (χ0n) is 14.1. The fourth-order valence-corrected chi connectivity index (χ4v) is 3.46. The van der Waals surface area contributed by atoms with Gasteiger partial charge in [-0.25, -0.2) is 0 Å². The first-order valence-electron chi connectivity index (χ1n) is 8.40. The van der Waals surface area contributed by atoms with E-state index < -0.39 is 5.41 Å². The van der Waals surface area contributed by atoms with E-state index >= 15 is 0 Å². The minimum atomic E-state index is -0.465. The molecular formula is C20H21ClN2O2. The first kappa shape index (κ1) is 17.5. The molecule has 3 rings (SSSR count). The number of carbonyl (C=O) groups excluding carboxylic acids is 2. The molecule has 1 aliphatic rings. The van der Waals surface area contributed by atoms with Gasteiger partial charge in [-0.3, -0.25) is 9.59 Å². The summed E-state index contributed by atoms with van der Waals surface area (Å²) in [4.78, 5) is 24.0. The molecule has 25 heavy (non-hydrogen) atoms. The van der Waals surface area contributed by atoms with Gasteiger partial charge in [0.2, 0.25) is 11.8 Å². The molecule has 0 spiro atoms. The highest BCUT2D eigenvalue weighted by molar-refractivity contribution is 6.30. The van der Waals surface area contributed by atoms with Crippen molar-refractivity contribution in [3.8, 4) is 0 Å². The molecule has 130 valence electrons. The van der Waals surface area contributed by atoms with Gasteiger partial charge in [0.05, 0.1) is 5.41 Å². The summed E-state index contributed by atoms with van der Waals surface area (Å²) in [6, 6.07) is 15.1. The van der Waals surface area contributed by atoms with Crippen molar-refractivity contribution in [1.29, 1.82) is 0 Å². The second-order valence-electron chi connectivity index (χ2n) is 6.51. The van der Waals surface area contributed by atoms with Crippen molar-refractivity contribution in [1.82, 2.24) is 5.32 Å². The highest BCUT2D eigenvalue weighted by Gasteiger charge is 2.45. The number of amides is 2. The van der Waals surface area contributed by atoms with Crippen molar-refractivity contribution >= 4 is 29.1 Å². The van der Waals surface area contributed by atoms with Gasteiger partial charge < -0.3 is 10.6 Å². The Kier molecular flexibility index (Phi) is 5.09. The summed E-state index contributed by atoms with van der Waals surface area (Å²) in [5.74, 6) is -0.0589. The van der Waals surface area contributed by atoms with Crippen LogP contribution in [0.4, 0.5) is 5.69 Å². The standard InChI is InChI=1S/C20H21ClN2O2/c1-14(24)23-18-8-6-16(7-9-18)20(10-3-11-20)19(25)22-13-15-4-2-5-17(21)12-15/h2,4-9,12H,3,10-11,13H2,1H3,(H,22,25)(H,23,24). The lowest BCUT2D eigenvalue weighted by Gasteiger charge is -2.40. The first-order chi connectivity index (χ1) is 12.0. The van der Waals surface area contributed by atoms with E-state index in [0.717, 1.165) is 36.1 Å². The van der Waals surface area contributed by atoms with Crippen LogP contribution in [-0.4, -0.2) is 11.8 Å². The minimum absolute atomic E-state index is 0.0472. The Labute approximate surface area is 152 Å². The largest absolute Gasteiger partial charge is 0.351 e. The molecule has 2 amide bonds. The van der Waals surface area contributed by atoms with Crippen molar-refractivity contribution < 1.29 is 9.59 Å². The highest BCUT2D eigenvalue weighted by atomic mass is 35.5. The fourth-order valence-electron chi connectivity index (χ4n) is 3.25. The van der Waals surface area contributed by atoms with Crippen LogP contribution in [0.25, 0.3) is 0 Å². The van der Waals surface area contributed by atoms with Gasteiger partial charge in [-0.15, -0.1) is 0 Å². The summed E-state index contributed by atoms with van der Waals surface area (Å²) in [5, 5.41) is 6.46. The average Bonchev–Trinajstić information content (AvgIpc) is 2.53. The highest BCUT2D eigenvalue weighted by Crippen LogP contribution is 2.44. The third-order valence-electron chi connectivity index (χ3n) is 4.74. The Morgan fingerprint density at radius 1 is 1.12 bits per heavy atom. The zero-order valence-corrected chi connectivity index (χ0v) is 14.9. The van der Waals surface area contributed by atoms with Crippen LogP contribution in [0.15, 0.2) is 48.5 Å². The molecule has 0 unspecified atom stereocenters. The summed E-state index contributed by atoms with van der Waals surface area (Å²) in [5.41, 5.74) is 2.26. The van der Waals surface area contributed by atoms with Crippen LogP contribution in [0.1, 0.15) is 37.3 Å². The smallest absolute Gasteiger partial charge is 0.230 e. The summed E-state index contributed by atoms with van der Waals surface area (Å²) < 4.78 is 0. The van der Waals surface area contributed by atoms with Gasteiger partial charge in [0.1, 0.15) is 0 Å². The maximum absolute atomic E-state index is 12.9. The molecule has 0 aliphatic heterocycles. The second kappa shape index (κ2) is 7.28. The molecule has 1 saturated carbocycles. The maximum atomic E-state index is 12.9. The molecule has 1 aliphatic carbocycles. The molecule has 0 atom stereocenters. The van der Waals surface area contributed by atoms with Crippen LogP contribution in [-0.2, 0) is 21.5 Å². The molecule has 2 aromatic rings. The lowest BCUT2D eigenvalue weighted by atomic mass is 9.63. The summed E-state index contributed by atoms with van der Waals surface area (Å²) >= 11 is 5.99. The van der Waals surface area contributed by atoms with Crippen LogP contribution in [0.5, 0.6) is 0 Å². The van der Waals surface area contributed by atoms with Crippen LogP contribution >= 0.6 is 11.6 Å². The molecule has 0 heterocycles. The number of nitrogens with one attached hydrogen (secondary N) is 2. The third kappa shape index (κ3) is 3.85. The molecule has 1 fully saturated rings. The van der Waals surface area contributed by atoms with Crippen LogP contribution in [0.3, 0.4) is 0 Å². The summed E-state index contributed by atoms with van der Waals surface area (Å²) in [6.45, 7) is 1.94. The number of hydrogen-bond acceptors (Lipinski definition) is 2. The Bertz CT molecular complexity index is 783. The van der Waals surface area contributed by atoms with E-state index in [-0.39, 0.29) is 11.8 Å². The predicted molar refractivity (Wildman–Crippen MR) is 99.6 cm³/mol. The van der Waals surface area contributed by atoms with Crippen LogP contribution in [0, 0.1) is 0 Å². The lowest BCUT2D eigenvalue weighted by molar-refractivity contribution is -0.130. The number of benzene rings is 2. The molecule has 0 saturated heterocycles. The van der Waals surface area contributed by atoms with E-state index in [1.807, 2.05) is 48.5 Å². The van der Waals surface area contributed by atoms with Gasteiger partial charge in [-0.05, 0) is 48.2 Å². The average molecular weight is 357 g/mol. The minimum Gasteiger partial charge on any atom is -0.351 e.